The molecule has 0 nitrogen and oxygen atoms in total. The molecule has 0 bridgehead atoms. The van der Waals surface area contributed by atoms with Gasteiger partial charge in [-0.1, -0.05) is 224 Å². The topological polar surface area (TPSA) is 0 Å². The summed E-state index contributed by atoms with van der Waals surface area (Å²) in [4.78, 5) is 0. The van der Waals surface area contributed by atoms with Crippen LogP contribution in [0.4, 0.5) is 0 Å². The zero-order valence-electron chi connectivity index (χ0n) is 49.9. The molecule has 0 amide bonds. The molecule has 0 heteroatoms. The lowest BCUT2D eigenvalue weighted by Gasteiger charge is -2.29. The lowest BCUT2D eigenvalue weighted by Crippen LogP contribution is -2.22. The number of fused-ring (bicyclic) bond motifs is 12. The van der Waals surface area contributed by atoms with E-state index in [1.807, 2.05) is 0 Å². The van der Waals surface area contributed by atoms with Gasteiger partial charge in [-0.3, -0.25) is 0 Å². The third-order valence-corrected chi connectivity index (χ3v) is 18.8. The molecule has 4 aliphatic rings. The fourth-order valence-corrected chi connectivity index (χ4v) is 14.1. The smallest absolute Gasteiger partial charge is 0.0210 e. The van der Waals surface area contributed by atoms with E-state index in [0.29, 0.717) is 5.92 Å². The van der Waals surface area contributed by atoms with Crippen LogP contribution in [0.15, 0.2) is 127 Å². The van der Waals surface area contributed by atoms with Gasteiger partial charge in [-0.15, -0.1) is 0 Å². The van der Waals surface area contributed by atoms with Crippen molar-refractivity contribution in [2.45, 2.75) is 185 Å². The van der Waals surface area contributed by atoms with Crippen molar-refractivity contribution in [3.8, 4) is 44.5 Å². The summed E-state index contributed by atoms with van der Waals surface area (Å²) in [7, 11) is 0. The predicted molar refractivity (Wildman–Crippen MR) is 331 cm³/mol. The Bertz CT molecular complexity index is 3350. The van der Waals surface area contributed by atoms with Crippen molar-refractivity contribution < 1.29 is 0 Å². The van der Waals surface area contributed by atoms with Crippen LogP contribution in [0.2, 0.25) is 0 Å². The molecule has 76 heavy (non-hydrogen) atoms. The van der Waals surface area contributed by atoms with Gasteiger partial charge in [-0.05, 0) is 216 Å². The van der Waals surface area contributed by atoms with Crippen molar-refractivity contribution in [2.75, 3.05) is 0 Å². The predicted octanol–water partition coefficient (Wildman–Crippen LogP) is 21.1. The van der Waals surface area contributed by atoms with Crippen molar-refractivity contribution in [1.82, 2.24) is 0 Å². The molecule has 0 heterocycles. The first-order chi connectivity index (χ1) is 36.2. The first-order valence-electron chi connectivity index (χ1n) is 29.2. The van der Waals surface area contributed by atoms with Gasteiger partial charge in [0.05, 0.1) is 0 Å². The third-order valence-electron chi connectivity index (χ3n) is 18.8. The average Bonchev–Trinajstić information content (AvgIpc) is 4.13. The van der Waals surface area contributed by atoms with Gasteiger partial charge >= 0.3 is 0 Å². The summed E-state index contributed by atoms with van der Waals surface area (Å²) in [5.74, 6) is 0.598. The molecule has 0 spiro atoms. The molecule has 0 saturated heterocycles. The van der Waals surface area contributed by atoms with E-state index in [0.717, 1.165) is 19.3 Å². The minimum absolute atomic E-state index is 0.125. The molecule has 8 aromatic carbocycles. The number of hydrogen-bond acceptors (Lipinski definition) is 0. The van der Waals surface area contributed by atoms with E-state index in [1.54, 1.807) is 0 Å². The maximum atomic E-state index is 2.45. The summed E-state index contributed by atoms with van der Waals surface area (Å²) in [5.41, 5.74) is 39.7. The zero-order chi connectivity index (χ0) is 54.8. The van der Waals surface area contributed by atoms with Crippen LogP contribution in [0.1, 0.15) is 200 Å². The fraction of sp³-hybridized carbons (Fsp3) is 0.368. The Kier molecular flexibility index (Phi) is 15.0. The lowest BCUT2D eigenvalue weighted by atomic mass is 9.74. The quantitative estimate of drug-likeness (QED) is 0.156. The molecule has 0 aliphatic heterocycles. The Morgan fingerprint density at radius 2 is 0.579 bits per heavy atom. The molecule has 0 fully saturated rings. The van der Waals surface area contributed by atoms with Gasteiger partial charge < -0.3 is 0 Å². The van der Waals surface area contributed by atoms with Crippen LogP contribution in [0.25, 0.3) is 44.5 Å². The van der Waals surface area contributed by atoms with Crippen LogP contribution in [0.5, 0.6) is 0 Å². The van der Waals surface area contributed by atoms with Gasteiger partial charge in [-0.25, -0.2) is 0 Å². The zero-order valence-corrected chi connectivity index (χ0v) is 49.9. The lowest BCUT2D eigenvalue weighted by molar-refractivity contribution is 0.490. The second-order valence-electron chi connectivity index (χ2n) is 24.4. The monoisotopic (exact) mass is 1000 g/mol. The highest BCUT2D eigenvalue weighted by Crippen LogP contribution is 2.54. The number of rotatable bonds is 6. The van der Waals surface area contributed by atoms with Crippen molar-refractivity contribution in [2.24, 2.45) is 0 Å². The molecular formula is C76H88. The maximum absolute atomic E-state index is 2.45. The Labute approximate surface area is 460 Å². The first-order valence-corrected chi connectivity index (χ1v) is 29.2. The van der Waals surface area contributed by atoms with Gasteiger partial charge in [0.2, 0.25) is 0 Å². The van der Waals surface area contributed by atoms with E-state index in [-0.39, 0.29) is 16.2 Å². The van der Waals surface area contributed by atoms with E-state index in [9.17, 15) is 0 Å². The van der Waals surface area contributed by atoms with Crippen molar-refractivity contribution in [1.29, 1.82) is 0 Å². The highest BCUT2D eigenvalue weighted by molar-refractivity contribution is 5.85. The Hall–Kier alpha value is -6.24. The summed E-state index contributed by atoms with van der Waals surface area (Å²) >= 11 is 0. The van der Waals surface area contributed by atoms with Crippen molar-refractivity contribution in [3.63, 3.8) is 0 Å². The maximum Gasteiger partial charge on any atom is 0.0210 e. The van der Waals surface area contributed by atoms with Crippen LogP contribution in [-0.2, 0) is 35.5 Å². The minimum atomic E-state index is 0.125. The van der Waals surface area contributed by atoms with E-state index in [2.05, 4.69) is 252 Å². The molecule has 0 N–H and O–H groups in total. The number of aryl methyl sites for hydroxylation is 11. The van der Waals surface area contributed by atoms with E-state index in [4.69, 9.17) is 0 Å². The summed E-state index contributed by atoms with van der Waals surface area (Å²) < 4.78 is 0. The second-order valence-corrected chi connectivity index (χ2v) is 24.4. The first kappa shape index (κ1) is 54.5. The summed E-state index contributed by atoms with van der Waals surface area (Å²) in [5, 5.41) is 0. The minimum Gasteiger partial charge on any atom is -0.0645 e. The van der Waals surface area contributed by atoms with Crippen LogP contribution < -0.4 is 0 Å². The Balaban J connectivity index is 0.000000124. The number of hydrogen-bond donors (Lipinski definition) is 0. The molecule has 392 valence electrons. The molecule has 12 rings (SSSR count). The summed E-state index contributed by atoms with van der Waals surface area (Å²) in [6.07, 6.45) is 6.89. The van der Waals surface area contributed by atoms with E-state index in [1.165, 1.54) is 169 Å². The van der Waals surface area contributed by atoms with Crippen LogP contribution in [-0.4, -0.2) is 0 Å². The molecule has 0 aromatic heterocycles. The third kappa shape index (κ3) is 9.24. The van der Waals surface area contributed by atoms with Gasteiger partial charge in [0.25, 0.3) is 0 Å². The molecule has 8 aromatic rings. The SMILES string of the molecule is CCC1(CC)c2ccc(C)cc2-c2cc(C)ccc21.CCC1c2ccc(C)cc2-c2cc(C)ccc21.CCc1cc2c(cc1C)-c1cc(C)c(CC)cc1C2(C)C.CCc1cc2c(cc1C)-c1cc(C)ccc1C2(C)C. The van der Waals surface area contributed by atoms with Crippen LogP contribution in [0.3, 0.4) is 0 Å². The molecule has 0 radical (unpaired) electrons. The summed E-state index contributed by atoms with van der Waals surface area (Å²) in [6.45, 7) is 40.8. The highest BCUT2D eigenvalue weighted by Gasteiger charge is 2.41. The van der Waals surface area contributed by atoms with Gasteiger partial charge in [0.1, 0.15) is 0 Å². The van der Waals surface area contributed by atoms with E-state index < -0.39 is 0 Å². The van der Waals surface area contributed by atoms with Crippen molar-refractivity contribution >= 4 is 0 Å². The molecule has 4 aliphatic carbocycles. The normalized spacial score (nSPS) is 14.8. The fourth-order valence-electron chi connectivity index (χ4n) is 14.1. The van der Waals surface area contributed by atoms with Crippen LogP contribution in [0, 0.1) is 55.4 Å². The largest absolute Gasteiger partial charge is 0.0645 e. The highest BCUT2D eigenvalue weighted by atomic mass is 14.4. The van der Waals surface area contributed by atoms with Crippen molar-refractivity contribution in [3.05, 3.63) is 233 Å². The molecule has 0 unspecified atom stereocenters. The second kappa shape index (κ2) is 20.9. The summed E-state index contributed by atoms with van der Waals surface area (Å²) in [6, 6.07) is 49.2. The van der Waals surface area contributed by atoms with Gasteiger partial charge in [-0.2, -0.15) is 0 Å². The standard InChI is InChI=1S/C21H26.2C19H22.C17H18/c1-7-15-11-19-17(9-13(15)3)18-10-14(4)16(8-2)12-20(18)21(19,5)6;1-6-14-11-18-16(10-13(14)3)15-9-12(2)7-8-17(15)19(18,4)5;1-5-19(6-2)17-9-7-13(3)11-15(17)16-12-14(4)8-10-18(16)19;1-4-13-14-7-5-11(2)9-16(14)17-10-12(3)6-8-15(13)17/h9-12H,7-8H2,1-6H3;7-11H,6H2,1-5H3;7-12H,5-6H2,1-4H3;5-10,13H,4H2,1-3H3. The van der Waals surface area contributed by atoms with Gasteiger partial charge in [0, 0.05) is 22.2 Å². The van der Waals surface area contributed by atoms with Gasteiger partial charge in [0.15, 0.2) is 0 Å². The van der Waals surface area contributed by atoms with E-state index >= 15 is 0 Å². The number of benzene rings is 8. The Morgan fingerprint density at radius 3 is 0.895 bits per heavy atom. The Morgan fingerprint density at radius 1 is 0.303 bits per heavy atom. The van der Waals surface area contributed by atoms with Crippen LogP contribution >= 0.6 is 0 Å². The molecular weight excluding hydrogens is 913 g/mol. The molecule has 0 saturated carbocycles. The average molecular weight is 1000 g/mol. The molecule has 0 atom stereocenters.